The minimum atomic E-state index is -0.117. The second-order valence-electron chi connectivity index (χ2n) is 12.0. The number of nitriles is 1. The van der Waals surface area contributed by atoms with Gasteiger partial charge >= 0.3 is 0 Å². The Morgan fingerprint density at radius 1 is 1.09 bits per heavy atom. The predicted octanol–water partition coefficient (Wildman–Crippen LogP) is 4.73. The number of aryl methyl sites for hydroxylation is 1. The lowest BCUT2D eigenvalue weighted by molar-refractivity contribution is -0.126. The molecule has 236 valence electrons. The van der Waals surface area contributed by atoms with Crippen LogP contribution in [0, 0.1) is 18.3 Å². The highest BCUT2D eigenvalue weighted by molar-refractivity contribution is 5.97. The van der Waals surface area contributed by atoms with E-state index in [4.69, 9.17) is 10.2 Å². The normalized spacial score (nSPS) is 17.9. The van der Waals surface area contributed by atoms with E-state index >= 15 is 0 Å². The van der Waals surface area contributed by atoms with Crippen LogP contribution in [-0.4, -0.2) is 73.6 Å². The number of nitrogens with one attached hydrogen (secondary N) is 2. The van der Waals surface area contributed by atoms with E-state index in [0.717, 1.165) is 50.4 Å². The van der Waals surface area contributed by atoms with Gasteiger partial charge in [-0.05, 0) is 68.3 Å². The van der Waals surface area contributed by atoms with Gasteiger partial charge in [0.15, 0.2) is 0 Å². The molecule has 1 aromatic heterocycles. The zero-order valence-electron chi connectivity index (χ0n) is 26.6. The lowest BCUT2D eigenvalue weighted by Crippen LogP contribution is -2.49. The van der Waals surface area contributed by atoms with Crippen LogP contribution in [0.15, 0.2) is 55.1 Å². The van der Waals surface area contributed by atoms with Crippen molar-refractivity contribution in [2.75, 3.05) is 55.6 Å². The Labute approximate surface area is 266 Å². The number of hydrogen-bond acceptors (Lipinski definition) is 7. The molecule has 9 nitrogen and oxygen atoms in total. The van der Waals surface area contributed by atoms with Crippen LogP contribution in [0.1, 0.15) is 59.9 Å². The minimum absolute atomic E-state index is 0.0278. The highest BCUT2D eigenvalue weighted by Crippen LogP contribution is 2.35. The number of aromatic nitrogens is 1. The molecule has 4 heterocycles. The van der Waals surface area contributed by atoms with Crippen molar-refractivity contribution in [3.8, 4) is 6.07 Å². The maximum atomic E-state index is 13.5. The second-order valence-corrected chi connectivity index (χ2v) is 12.0. The third-order valence-corrected chi connectivity index (χ3v) is 9.12. The van der Waals surface area contributed by atoms with Gasteiger partial charge in [0.2, 0.25) is 5.91 Å². The monoisotopic (exact) mass is 607 g/mol. The molecule has 0 bridgehead atoms. The third kappa shape index (κ3) is 7.46. The Morgan fingerprint density at radius 2 is 1.84 bits per heavy atom. The Balaban J connectivity index is 0.00000128. The molecule has 45 heavy (non-hydrogen) atoms. The number of carbonyl (C=O) groups excluding carboxylic acids is 2. The first-order valence-electron chi connectivity index (χ1n) is 16.2. The quantitative estimate of drug-likeness (QED) is 0.374. The lowest BCUT2D eigenvalue weighted by atomic mass is 9.97. The first kappa shape index (κ1) is 32.0. The number of anilines is 2. The van der Waals surface area contributed by atoms with Crippen molar-refractivity contribution in [1.82, 2.24) is 20.5 Å². The summed E-state index contributed by atoms with van der Waals surface area (Å²) in [5.74, 6) is -0.145. The molecule has 0 radical (unpaired) electrons. The average molecular weight is 608 g/mol. The number of pyridine rings is 1. The zero-order chi connectivity index (χ0) is 31.8. The largest absolute Gasteiger partial charge is 0.368 e. The van der Waals surface area contributed by atoms with E-state index in [2.05, 4.69) is 70.3 Å². The summed E-state index contributed by atoms with van der Waals surface area (Å²) in [6, 6.07) is 17.1. The maximum absolute atomic E-state index is 13.5. The predicted molar refractivity (Wildman–Crippen MR) is 181 cm³/mol. The number of hydrogen-bond donors (Lipinski definition) is 2. The molecule has 1 atom stereocenters. The molecule has 1 unspecified atom stereocenters. The Kier molecular flexibility index (Phi) is 10.7. The SMILES string of the molecule is C=CC(=O)N1CCN(c2cc(C(=O)NCCC3CCCCN3)nc3c2CCN(c2cccc4cccc(C)c24)C3)CC1.CC#N. The van der Waals surface area contributed by atoms with Gasteiger partial charge in [0.25, 0.3) is 5.91 Å². The Hall–Kier alpha value is -4.42. The summed E-state index contributed by atoms with van der Waals surface area (Å²) in [7, 11) is 0. The van der Waals surface area contributed by atoms with Crippen molar-refractivity contribution >= 4 is 34.0 Å². The fourth-order valence-corrected chi connectivity index (χ4v) is 6.81. The van der Waals surface area contributed by atoms with Crippen molar-refractivity contribution in [3.63, 3.8) is 0 Å². The highest BCUT2D eigenvalue weighted by atomic mass is 16.2. The summed E-state index contributed by atoms with van der Waals surface area (Å²) in [6.07, 6.45) is 6.81. The standard InChI is InChI=1S/C34H42N6O2.C2H3N/c1-3-32(41)39-20-18-38(19-21-39)31-22-28(34(42)36-16-13-26-11-4-5-15-35-26)37-29-23-40(17-14-27(29)31)30-12-7-10-25-9-6-8-24(2)33(25)30;1-2-3/h3,6-10,12,22,26,35H,1,4-5,11,13-21,23H2,2H3,(H,36,42);1H3. The molecule has 2 fully saturated rings. The van der Waals surface area contributed by atoms with E-state index in [-0.39, 0.29) is 11.8 Å². The van der Waals surface area contributed by atoms with Gasteiger partial charge in [-0.25, -0.2) is 4.98 Å². The molecular formula is C36H45N7O2. The number of piperazine rings is 1. The third-order valence-electron chi connectivity index (χ3n) is 9.12. The molecular weight excluding hydrogens is 562 g/mol. The number of piperidine rings is 1. The fourth-order valence-electron chi connectivity index (χ4n) is 6.81. The maximum Gasteiger partial charge on any atom is 0.269 e. The van der Waals surface area contributed by atoms with Gasteiger partial charge in [-0.15, -0.1) is 0 Å². The van der Waals surface area contributed by atoms with Crippen molar-refractivity contribution < 1.29 is 9.59 Å². The van der Waals surface area contributed by atoms with E-state index in [0.29, 0.717) is 37.9 Å². The summed E-state index contributed by atoms with van der Waals surface area (Å²) < 4.78 is 0. The smallest absolute Gasteiger partial charge is 0.269 e. The van der Waals surface area contributed by atoms with Crippen LogP contribution in [0.2, 0.25) is 0 Å². The zero-order valence-corrected chi connectivity index (χ0v) is 26.6. The van der Waals surface area contributed by atoms with Crippen LogP contribution >= 0.6 is 0 Å². The molecule has 6 rings (SSSR count). The van der Waals surface area contributed by atoms with E-state index in [9.17, 15) is 9.59 Å². The van der Waals surface area contributed by atoms with Crippen LogP contribution in [-0.2, 0) is 17.8 Å². The van der Waals surface area contributed by atoms with Crippen LogP contribution < -0.4 is 20.4 Å². The molecule has 2 amide bonds. The van der Waals surface area contributed by atoms with Gasteiger partial charge in [0.05, 0.1) is 18.3 Å². The number of nitrogens with zero attached hydrogens (tertiary/aromatic N) is 5. The molecule has 9 heteroatoms. The summed E-state index contributed by atoms with van der Waals surface area (Å²) in [4.78, 5) is 37.2. The molecule has 3 aliphatic heterocycles. The summed E-state index contributed by atoms with van der Waals surface area (Å²) >= 11 is 0. The van der Waals surface area contributed by atoms with E-state index < -0.39 is 0 Å². The number of carbonyl (C=O) groups is 2. The molecule has 2 aromatic carbocycles. The van der Waals surface area contributed by atoms with Gasteiger partial charge in [0.1, 0.15) is 5.69 Å². The molecule has 2 N–H and O–H groups in total. The van der Waals surface area contributed by atoms with Crippen LogP contribution in [0.5, 0.6) is 0 Å². The number of amides is 2. The van der Waals surface area contributed by atoms with Crippen LogP contribution in [0.25, 0.3) is 10.8 Å². The average Bonchev–Trinajstić information content (AvgIpc) is 3.08. The Bertz CT molecular complexity index is 1560. The number of rotatable bonds is 7. The van der Waals surface area contributed by atoms with Gasteiger partial charge in [0, 0.05) is 74.6 Å². The molecule has 3 aliphatic rings. The van der Waals surface area contributed by atoms with Crippen LogP contribution in [0.4, 0.5) is 11.4 Å². The highest BCUT2D eigenvalue weighted by Gasteiger charge is 2.28. The molecule has 0 aliphatic carbocycles. The minimum Gasteiger partial charge on any atom is -0.368 e. The van der Waals surface area contributed by atoms with Crippen molar-refractivity contribution in [1.29, 1.82) is 5.26 Å². The first-order chi connectivity index (χ1) is 21.9. The van der Waals surface area contributed by atoms with Crippen molar-refractivity contribution in [3.05, 3.63) is 77.6 Å². The van der Waals surface area contributed by atoms with Crippen molar-refractivity contribution in [2.45, 2.75) is 58.5 Å². The lowest BCUT2D eigenvalue weighted by Gasteiger charge is -2.39. The summed E-state index contributed by atoms with van der Waals surface area (Å²) in [6.45, 7) is 13.2. The van der Waals surface area contributed by atoms with E-state index in [1.54, 1.807) is 6.07 Å². The number of benzene rings is 2. The summed E-state index contributed by atoms with van der Waals surface area (Å²) in [5, 5.41) is 16.5. The van der Waals surface area contributed by atoms with Crippen molar-refractivity contribution in [2.24, 2.45) is 0 Å². The molecule has 0 saturated carbocycles. The fraction of sp³-hybridized carbons (Fsp3) is 0.444. The van der Waals surface area contributed by atoms with E-state index in [1.165, 1.54) is 59.8 Å². The molecule has 0 spiro atoms. The summed E-state index contributed by atoms with van der Waals surface area (Å²) in [5.41, 5.74) is 6.21. The Morgan fingerprint density at radius 3 is 2.56 bits per heavy atom. The van der Waals surface area contributed by atoms with Gasteiger partial charge in [-0.1, -0.05) is 43.3 Å². The van der Waals surface area contributed by atoms with Gasteiger partial charge in [-0.3, -0.25) is 9.59 Å². The molecule has 2 saturated heterocycles. The molecule has 3 aromatic rings. The second kappa shape index (κ2) is 15.0. The topological polar surface area (TPSA) is 105 Å². The number of fused-ring (bicyclic) bond motifs is 2. The van der Waals surface area contributed by atoms with E-state index in [1.807, 2.05) is 11.0 Å². The van der Waals surface area contributed by atoms with Gasteiger partial charge < -0.3 is 25.3 Å². The van der Waals surface area contributed by atoms with Gasteiger partial charge in [-0.2, -0.15) is 5.26 Å². The first-order valence-corrected chi connectivity index (χ1v) is 16.2. The van der Waals surface area contributed by atoms with Crippen LogP contribution in [0.3, 0.4) is 0 Å².